The Labute approximate surface area is 693 Å². The van der Waals surface area contributed by atoms with E-state index in [1.54, 1.807) is 22.3 Å². The summed E-state index contributed by atoms with van der Waals surface area (Å²) in [6.07, 6.45) is 33.3. The van der Waals surface area contributed by atoms with Gasteiger partial charge < -0.3 is 8.83 Å². The minimum atomic E-state index is -0.634. The standard InChI is InChI=1S/C115H110O2/c1-7-11-15-19-37-61-112(62-38-20-16-12-8-2)91-48-30-27-45-85(91)108-110(112)109-106(107-88-47-29-36-54-102(88)117-111(107)108)86-58-56-76(70-97(86)113(109,63-39-21-17-13-9-3)64-40-22-18-14-10-4)68-79(78-66-74(5)65-75(6)67-78)69-77-55-57-84-89-72-100-90(73-99(89)115(98(84)71-77)94-51-33-25-43-82(94)83-44-26-34-52-95(83)115)104-96(59-60-103-105(104)87-46-28-35-53-101(87)116-103)114(100)92-49-31-23-41-80(92)81-42-24-32-50-93(81)114/h23-36,41-60,65-67,69-73H,7-22,37-40,61-64,68H2,1-6H3/b79-69-. The maximum atomic E-state index is 7.62. The Balaban J connectivity index is 0.782. The fraction of sp³-hybridized carbons (Fsp3) is 0.304. The Morgan fingerprint density at radius 1 is 0.291 bits per heavy atom. The van der Waals surface area contributed by atoms with Gasteiger partial charge in [0.1, 0.15) is 22.3 Å². The van der Waals surface area contributed by atoms with Crippen molar-refractivity contribution in [1.82, 2.24) is 0 Å². The summed E-state index contributed by atoms with van der Waals surface area (Å²) in [4.78, 5) is 0. The van der Waals surface area contributed by atoms with Crippen molar-refractivity contribution in [2.75, 3.05) is 0 Å². The van der Waals surface area contributed by atoms with E-state index in [2.05, 4.69) is 296 Å². The average molecular weight is 1520 g/mol. The Kier molecular flexibility index (Phi) is 18.7. The molecule has 15 aromatic rings. The maximum Gasteiger partial charge on any atom is 0.144 e. The Morgan fingerprint density at radius 2 is 0.718 bits per heavy atom. The van der Waals surface area contributed by atoms with E-state index in [0.29, 0.717) is 0 Å². The zero-order valence-corrected chi connectivity index (χ0v) is 69.7. The van der Waals surface area contributed by atoms with Crippen molar-refractivity contribution in [2.24, 2.45) is 0 Å². The van der Waals surface area contributed by atoms with Crippen molar-refractivity contribution in [1.29, 1.82) is 0 Å². The van der Waals surface area contributed by atoms with Crippen LogP contribution in [0.1, 0.15) is 276 Å². The minimum Gasteiger partial charge on any atom is -0.456 e. The van der Waals surface area contributed by atoms with E-state index in [1.165, 1.54) is 302 Å². The van der Waals surface area contributed by atoms with E-state index < -0.39 is 10.8 Å². The highest BCUT2D eigenvalue weighted by Gasteiger charge is 2.58. The van der Waals surface area contributed by atoms with Gasteiger partial charge in [-0.2, -0.15) is 0 Å². The summed E-state index contributed by atoms with van der Waals surface area (Å²) < 4.78 is 14.5. The molecule has 2 nitrogen and oxygen atoms in total. The normalized spacial score (nSPS) is 15.1. The van der Waals surface area contributed by atoms with Crippen LogP contribution in [0.2, 0.25) is 0 Å². The molecule has 21 rings (SSSR count). The highest BCUT2D eigenvalue weighted by molar-refractivity contribution is 6.21. The summed E-state index contributed by atoms with van der Waals surface area (Å²) in [6.45, 7) is 14.1. The minimum absolute atomic E-state index is 0.149. The molecule has 13 aromatic carbocycles. The molecule has 0 fully saturated rings. The second-order valence-corrected chi connectivity index (χ2v) is 36.2. The van der Waals surface area contributed by atoms with Gasteiger partial charge in [-0.15, -0.1) is 0 Å². The summed E-state index contributed by atoms with van der Waals surface area (Å²) in [5.74, 6) is 0. The average Bonchev–Trinajstić information content (AvgIpc) is 1.49. The molecule has 2 heterocycles. The first-order valence-electron chi connectivity index (χ1n) is 45.4. The van der Waals surface area contributed by atoms with E-state index in [-0.39, 0.29) is 10.8 Å². The van der Waals surface area contributed by atoms with E-state index in [0.717, 1.165) is 47.0 Å². The van der Waals surface area contributed by atoms with Crippen LogP contribution in [0.4, 0.5) is 0 Å². The number of furan rings is 2. The lowest BCUT2D eigenvalue weighted by molar-refractivity contribution is 0.368. The molecule has 582 valence electrons. The van der Waals surface area contributed by atoms with Crippen molar-refractivity contribution in [3.8, 4) is 66.8 Å². The Morgan fingerprint density at radius 3 is 1.28 bits per heavy atom. The molecule has 0 aliphatic heterocycles. The van der Waals surface area contributed by atoms with Gasteiger partial charge >= 0.3 is 0 Å². The first kappa shape index (κ1) is 73.8. The van der Waals surface area contributed by atoms with Gasteiger partial charge in [-0.1, -0.05) is 386 Å². The third-order valence-corrected chi connectivity index (χ3v) is 29.3. The molecule has 0 radical (unpaired) electrons. The van der Waals surface area contributed by atoms with Gasteiger partial charge in [-0.3, -0.25) is 0 Å². The number of aryl methyl sites for hydroxylation is 2. The van der Waals surface area contributed by atoms with Crippen LogP contribution in [0.15, 0.2) is 258 Å². The Hall–Kier alpha value is -10.8. The number of fused-ring (bicyclic) bond motifs is 36. The number of para-hydroxylation sites is 2. The molecule has 0 N–H and O–H groups in total. The van der Waals surface area contributed by atoms with Crippen molar-refractivity contribution in [3.05, 3.63) is 343 Å². The predicted molar refractivity (Wildman–Crippen MR) is 493 cm³/mol. The monoisotopic (exact) mass is 1520 g/mol. The fourth-order valence-electron chi connectivity index (χ4n) is 24.5. The third kappa shape index (κ3) is 11.1. The van der Waals surface area contributed by atoms with Gasteiger partial charge in [-0.05, 0) is 233 Å². The van der Waals surface area contributed by atoms with Crippen LogP contribution >= 0.6 is 0 Å². The molecular formula is C115H110O2. The van der Waals surface area contributed by atoms with E-state index in [4.69, 9.17) is 8.83 Å². The fourth-order valence-corrected chi connectivity index (χ4v) is 24.5. The number of unbranched alkanes of at least 4 members (excludes halogenated alkanes) is 16. The van der Waals surface area contributed by atoms with Gasteiger partial charge in [0.25, 0.3) is 0 Å². The first-order chi connectivity index (χ1) is 57.7. The largest absolute Gasteiger partial charge is 0.456 e. The molecule has 2 spiro atoms. The van der Waals surface area contributed by atoms with Crippen LogP contribution in [0.5, 0.6) is 0 Å². The third-order valence-electron chi connectivity index (χ3n) is 29.3. The van der Waals surface area contributed by atoms with Crippen molar-refractivity contribution in [2.45, 2.75) is 224 Å². The SMILES string of the molecule is CCCCCCCC1(CCCCCCC)c2ccccc2-c2c1c1c(c3c2oc2ccccc23)-c2ccc(C/C(=C/c3ccc4c(c3)C3(c5ccccc5-c5ccccc53)c3cc5c(cc3-4)C3(c4ccccc4-c4ccccc43)c3ccc4oc6ccccc6c4c3-5)c3cc(C)cc(C)c3)cc2C1(CCCCCCC)CCCCCCC. The summed E-state index contributed by atoms with van der Waals surface area (Å²) in [5, 5.41) is 4.96. The molecule has 0 bridgehead atoms. The number of benzene rings is 13. The van der Waals surface area contributed by atoms with E-state index in [1.807, 2.05) is 0 Å². The smallest absolute Gasteiger partial charge is 0.144 e. The molecule has 0 saturated carbocycles. The van der Waals surface area contributed by atoms with Gasteiger partial charge in [0, 0.05) is 37.9 Å². The summed E-state index contributed by atoms with van der Waals surface area (Å²) in [6, 6.07) is 98.2. The number of hydrogen-bond donors (Lipinski definition) is 0. The Bertz CT molecular complexity index is 6350. The zero-order chi connectivity index (χ0) is 78.7. The summed E-state index contributed by atoms with van der Waals surface area (Å²) >= 11 is 0. The van der Waals surface area contributed by atoms with E-state index >= 15 is 0 Å². The predicted octanol–water partition coefficient (Wildman–Crippen LogP) is 32.5. The molecule has 6 aliphatic rings. The van der Waals surface area contributed by atoms with Crippen LogP contribution < -0.4 is 0 Å². The molecule has 0 amide bonds. The highest BCUT2D eigenvalue weighted by atomic mass is 16.3. The highest BCUT2D eigenvalue weighted by Crippen LogP contribution is 2.71. The van der Waals surface area contributed by atoms with Crippen molar-refractivity contribution < 1.29 is 8.83 Å². The molecular weight excluding hydrogens is 1410 g/mol. The lowest BCUT2D eigenvalue weighted by Gasteiger charge is -2.40. The zero-order valence-electron chi connectivity index (χ0n) is 69.7. The topological polar surface area (TPSA) is 26.3 Å². The van der Waals surface area contributed by atoms with Crippen LogP contribution in [0.3, 0.4) is 0 Å². The van der Waals surface area contributed by atoms with E-state index in [9.17, 15) is 0 Å². The summed E-state index contributed by atoms with van der Waals surface area (Å²) in [5.41, 5.74) is 43.7. The number of allylic oxidation sites excluding steroid dienone is 1. The van der Waals surface area contributed by atoms with Crippen molar-refractivity contribution in [3.63, 3.8) is 0 Å². The van der Waals surface area contributed by atoms with Crippen molar-refractivity contribution >= 4 is 55.5 Å². The second kappa shape index (κ2) is 29.7. The number of hydrogen-bond acceptors (Lipinski definition) is 2. The van der Waals surface area contributed by atoms with Crippen LogP contribution in [0, 0.1) is 13.8 Å². The van der Waals surface area contributed by atoms with Gasteiger partial charge in [0.05, 0.1) is 10.8 Å². The number of rotatable bonds is 28. The first-order valence-corrected chi connectivity index (χ1v) is 45.4. The van der Waals surface area contributed by atoms with Crippen LogP contribution in [-0.2, 0) is 28.1 Å². The lowest BCUT2D eigenvalue weighted by atomic mass is 9.62. The molecule has 0 saturated heterocycles. The maximum absolute atomic E-state index is 7.62. The molecule has 6 aliphatic carbocycles. The van der Waals surface area contributed by atoms with Gasteiger partial charge in [0.15, 0.2) is 0 Å². The van der Waals surface area contributed by atoms with Crippen LogP contribution in [-0.4, -0.2) is 0 Å². The second-order valence-electron chi connectivity index (χ2n) is 36.2. The summed E-state index contributed by atoms with van der Waals surface area (Å²) in [7, 11) is 0. The molecule has 0 unspecified atom stereocenters. The molecule has 2 aromatic heterocycles. The lowest BCUT2D eigenvalue weighted by Crippen LogP contribution is -2.33. The molecule has 0 atom stereocenters. The van der Waals surface area contributed by atoms with Gasteiger partial charge in [0.2, 0.25) is 0 Å². The van der Waals surface area contributed by atoms with Crippen LogP contribution in [0.25, 0.3) is 122 Å². The molecule has 117 heavy (non-hydrogen) atoms. The quantitative estimate of drug-likeness (QED) is 0.0361. The van der Waals surface area contributed by atoms with Gasteiger partial charge in [-0.25, -0.2) is 0 Å². The molecule has 2 heteroatoms.